The number of hydrazine groups is 1. The first-order chi connectivity index (χ1) is 27.0. The van der Waals surface area contributed by atoms with Crippen molar-refractivity contribution in [2.24, 2.45) is 0 Å². The summed E-state index contributed by atoms with van der Waals surface area (Å²) in [5, 5.41) is 15.5. The number of carboxylic acid groups (broad SMARTS) is 1. The number of hydrogen-bond donors (Lipinski definition) is 2. The van der Waals surface area contributed by atoms with Crippen LogP contribution in [0.25, 0.3) is 0 Å². The number of hydrogen-bond acceptors (Lipinski definition) is 10. The van der Waals surface area contributed by atoms with Crippen LogP contribution in [-0.2, 0) is 20.4 Å². The lowest BCUT2D eigenvalue weighted by atomic mass is 9.71. The lowest BCUT2D eigenvalue weighted by molar-refractivity contribution is -0.190. The van der Waals surface area contributed by atoms with Crippen LogP contribution in [-0.4, -0.2) is 140 Å². The number of benzene rings is 3. The summed E-state index contributed by atoms with van der Waals surface area (Å²) >= 11 is 0. The molecule has 5 saturated heterocycles. The van der Waals surface area contributed by atoms with Crippen LogP contribution in [0.5, 0.6) is 17.2 Å². The van der Waals surface area contributed by atoms with Crippen molar-refractivity contribution < 1.29 is 42.9 Å². The van der Waals surface area contributed by atoms with E-state index in [0.717, 1.165) is 11.1 Å². The quantitative estimate of drug-likeness (QED) is 0.296. The van der Waals surface area contributed by atoms with Crippen molar-refractivity contribution in [2.45, 2.75) is 42.7 Å². The molecule has 5 aliphatic heterocycles. The molecule has 5 fully saturated rings. The Morgan fingerprint density at radius 2 is 1.45 bits per heavy atom. The summed E-state index contributed by atoms with van der Waals surface area (Å²) in [5.74, 6) is -0.946. The van der Waals surface area contributed by atoms with Crippen LogP contribution in [0, 0.1) is 5.82 Å². The summed E-state index contributed by atoms with van der Waals surface area (Å²) in [4.78, 5) is 60.0. The zero-order valence-corrected chi connectivity index (χ0v) is 32.0. The van der Waals surface area contributed by atoms with Crippen molar-refractivity contribution in [3.05, 3.63) is 89.2 Å². The number of likely N-dealkylation sites (tertiary alicyclic amines) is 2. The zero-order valence-electron chi connectivity index (χ0n) is 32.0. The standard InChI is InChI=1S/C41H49FN6O8/c1-54-32-25-28(26-33(55-2)34(32)56-3)36(49)46-20-14-40(27-46,29-9-11-31(42)12-10-29)13-17-44-18-15-41(16-19-44,30-7-5-4-6-8-30)38(52)43-39(53)48-35(37(50)51)45-21-23-47(48)24-22-45/h4-12,25-26,35H,13-24,27H2,1-3H3,(H,50,51)(H,43,52,53). The van der Waals surface area contributed by atoms with Crippen molar-refractivity contribution >= 4 is 23.8 Å². The van der Waals surface area contributed by atoms with Gasteiger partial charge < -0.3 is 29.1 Å². The number of nitrogens with zero attached hydrogens (tertiary/aromatic N) is 5. The number of aliphatic carboxylic acids is 1. The van der Waals surface area contributed by atoms with Gasteiger partial charge in [-0.1, -0.05) is 42.5 Å². The monoisotopic (exact) mass is 772 g/mol. The molecule has 5 aliphatic rings. The number of piperazine rings is 1. The summed E-state index contributed by atoms with van der Waals surface area (Å²) in [5.41, 5.74) is 0.679. The normalized spacial score (nSPS) is 24.4. The van der Waals surface area contributed by atoms with E-state index >= 15 is 0 Å². The van der Waals surface area contributed by atoms with Crippen LogP contribution in [0.4, 0.5) is 9.18 Å². The van der Waals surface area contributed by atoms with Gasteiger partial charge in [-0.2, -0.15) is 0 Å². The maximum atomic E-state index is 14.3. The lowest BCUT2D eigenvalue weighted by Gasteiger charge is -2.52. The molecular formula is C41H49FN6O8. The van der Waals surface area contributed by atoms with Crippen LogP contribution < -0.4 is 19.5 Å². The van der Waals surface area contributed by atoms with E-state index in [0.29, 0.717) is 107 Å². The number of carbonyl (C=O) groups excluding carboxylic acids is 3. The van der Waals surface area contributed by atoms with E-state index in [1.165, 1.54) is 38.5 Å². The van der Waals surface area contributed by atoms with E-state index in [4.69, 9.17) is 14.2 Å². The molecule has 2 atom stereocenters. The Bertz CT molecular complexity index is 1910. The number of imide groups is 1. The first-order valence-corrected chi connectivity index (χ1v) is 19.0. The Morgan fingerprint density at radius 1 is 0.804 bits per heavy atom. The van der Waals surface area contributed by atoms with Gasteiger partial charge in [-0.05, 0) is 80.7 Å². The number of carboxylic acids is 1. The van der Waals surface area contributed by atoms with Gasteiger partial charge in [0.2, 0.25) is 17.8 Å². The number of rotatable bonds is 11. The number of methoxy groups -OCH3 is 3. The van der Waals surface area contributed by atoms with Crippen molar-refractivity contribution in [1.82, 2.24) is 30.0 Å². The molecule has 3 aromatic carbocycles. The van der Waals surface area contributed by atoms with E-state index in [1.54, 1.807) is 34.2 Å². The molecule has 0 saturated carbocycles. The Hall–Kier alpha value is -5.25. The molecule has 2 unspecified atom stereocenters. The van der Waals surface area contributed by atoms with Crippen molar-refractivity contribution in [2.75, 3.05) is 80.2 Å². The Morgan fingerprint density at radius 3 is 2.04 bits per heavy atom. The highest BCUT2D eigenvalue weighted by molar-refractivity contribution is 6.01. The molecule has 2 N–H and O–H groups in total. The molecule has 14 nitrogen and oxygen atoms in total. The molecule has 0 spiro atoms. The van der Waals surface area contributed by atoms with Crippen molar-refractivity contribution in [1.29, 1.82) is 0 Å². The second-order valence-corrected chi connectivity index (χ2v) is 15.0. The highest BCUT2D eigenvalue weighted by Crippen LogP contribution is 2.43. The third-order valence-corrected chi connectivity index (χ3v) is 12.2. The Kier molecular flexibility index (Phi) is 11.2. The predicted molar refractivity (Wildman–Crippen MR) is 203 cm³/mol. The van der Waals surface area contributed by atoms with Crippen LogP contribution in [0.15, 0.2) is 66.7 Å². The van der Waals surface area contributed by atoms with Gasteiger partial charge in [-0.25, -0.2) is 24.0 Å². The molecule has 0 aromatic heterocycles. The number of fused-ring (bicyclic) bond motifs is 3. The van der Waals surface area contributed by atoms with Crippen molar-refractivity contribution in [3.63, 3.8) is 0 Å². The average molecular weight is 773 g/mol. The summed E-state index contributed by atoms with van der Waals surface area (Å²) in [6, 6.07) is 18.5. The number of halogens is 1. The molecule has 8 rings (SSSR count). The topological polar surface area (TPSA) is 144 Å². The van der Waals surface area contributed by atoms with E-state index in [1.807, 2.05) is 35.2 Å². The fraction of sp³-hybridized carbons (Fsp3) is 0.463. The summed E-state index contributed by atoms with van der Waals surface area (Å²) < 4.78 is 30.6. The van der Waals surface area contributed by atoms with Gasteiger partial charge in [0.1, 0.15) is 5.82 Å². The maximum Gasteiger partial charge on any atom is 0.343 e. The van der Waals surface area contributed by atoms with Crippen LogP contribution >= 0.6 is 0 Å². The molecule has 2 bridgehead atoms. The average Bonchev–Trinajstić information content (AvgIpc) is 3.68. The first kappa shape index (κ1) is 39.0. The fourth-order valence-electron chi connectivity index (χ4n) is 9.01. The van der Waals surface area contributed by atoms with Crippen LogP contribution in [0.1, 0.15) is 47.2 Å². The summed E-state index contributed by atoms with van der Waals surface area (Å²) in [6.45, 7) is 4.76. The van der Waals surface area contributed by atoms with Gasteiger partial charge in [0.05, 0.1) is 26.7 Å². The van der Waals surface area contributed by atoms with Crippen molar-refractivity contribution in [3.8, 4) is 17.2 Å². The molecule has 5 heterocycles. The van der Waals surface area contributed by atoms with Gasteiger partial charge in [-0.3, -0.25) is 19.8 Å². The van der Waals surface area contributed by atoms with Gasteiger partial charge in [0, 0.05) is 50.2 Å². The number of piperidine rings is 1. The van der Waals surface area contributed by atoms with E-state index in [2.05, 4.69) is 10.2 Å². The van der Waals surface area contributed by atoms with E-state index in [9.17, 15) is 28.7 Å². The maximum absolute atomic E-state index is 14.3. The van der Waals surface area contributed by atoms with Crippen LogP contribution in [0.3, 0.4) is 0 Å². The Labute approximate surface area is 325 Å². The van der Waals surface area contributed by atoms with E-state index < -0.39 is 34.9 Å². The molecule has 0 aliphatic carbocycles. The third-order valence-electron chi connectivity index (χ3n) is 12.2. The molecule has 3 aromatic rings. The lowest BCUT2D eigenvalue weighted by Crippen LogP contribution is -2.74. The van der Waals surface area contributed by atoms with Gasteiger partial charge in [0.25, 0.3) is 5.91 Å². The minimum atomic E-state index is -1.17. The Balaban J connectivity index is 1.07. The first-order valence-electron chi connectivity index (χ1n) is 19.0. The molecule has 56 heavy (non-hydrogen) atoms. The SMILES string of the molecule is COc1cc(C(=O)N2CCC(CCN3CCC(C(=O)NC(=O)N4C(C(=O)O)N5CCN4CC5)(c4ccccc4)CC3)(c3ccc(F)cc3)C2)cc(OC)c1OC. The fourth-order valence-corrected chi connectivity index (χ4v) is 9.01. The number of amides is 4. The number of carbonyl (C=O) groups is 4. The smallest absolute Gasteiger partial charge is 0.343 e. The van der Waals surface area contributed by atoms with Gasteiger partial charge in [0.15, 0.2) is 11.5 Å². The minimum Gasteiger partial charge on any atom is -0.493 e. The minimum absolute atomic E-state index is 0.180. The predicted octanol–water partition coefficient (Wildman–Crippen LogP) is 3.55. The molecular weight excluding hydrogens is 723 g/mol. The number of ether oxygens (including phenoxy) is 3. The van der Waals surface area contributed by atoms with Crippen LogP contribution in [0.2, 0.25) is 0 Å². The number of urea groups is 1. The van der Waals surface area contributed by atoms with Gasteiger partial charge >= 0.3 is 12.0 Å². The highest BCUT2D eigenvalue weighted by atomic mass is 19.1. The molecule has 15 heteroatoms. The van der Waals surface area contributed by atoms with Gasteiger partial charge in [-0.15, -0.1) is 0 Å². The molecule has 298 valence electrons. The molecule has 4 amide bonds. The highest BCUT2D eigenvalue weighted by Gasteiger charge is 2.49. The molecule has 0 radical (unpaired) electrons. The number of nitrogens with one attached hydrogen (secondary N) is 1. The largest absolute Gasteiger partial charge is 0.493 e. The summed E-state index contributed by atoms with van der Waals surface area (Å²) in [6.07, 6.45) is 1.05. The van der Waals surface area contributed by atoms with E-state index in [-0.39, 0.29) is 11.7 Å². The summed E-state index contributed by atoms with van der Waals surface area (Å²) in [7, 11) is 4.51. The third kappa shape index (κ3) is 7.26. The second kappa shape index (κ2) is 16.1. The zero-order chi connectivity index (χ0) is 39.6. The second-order valence-electron chi connectivity index (χ2n) is 15.0.